The van der Waals surface area contributed by atoms with E-state index in [2.05, 4.69) is 14.5 Å². The first-order valence-electron chi connectivity index (χ1n) is 6.71. The maximum absolute atomic E-state index is 11.1. The molecule has 23 heavy (non-hydrogen) atoms. The van der Waals surface area contributed by atoms with Gasteiger partial charge in [-0.25, -0.2) is 0 Å². The summed E-state index contributed by atoms with van der Waals surface area (Å²) < 4.78 is 37.1. The number of benzene rings is 2. The predicted molar refractivity (Wildman–Crippen MR) is 87.6 cm³/mol. The van der Waals surface area contributed by atoms with Gasteiger partial charge in [-0.3, -0.25) is 0 Å². The molecule has 0 atom stereocenters. The summed E-state index contributed by atoms with van der Waals surface area (Å²) in [6.45, 7) is 0. The average molecular weight is 343 g/mol. The van der Waals surface area contributed by atoms with Crippen molar-refractivity contribution in [2.24, 2.45) is 10.3 Å². The van der Waals surface area contributed by atoms with E-state index in [1.165, 1.54) is 13.9 Å². The molecule has 0 heterocycles. The van der Waals surface area contributed by atoms with Gasteiger partial charge in [-0.1, -0.05) is 0 Å². The maximum atomic E-state index is 11.1. The third kappa shape index (κ3) is 5.60. The Labute approximate surface area is 152 Å². The Bertz CT molecular complexity index is 820. The molecule has 0 spiro atoms. The summed E-state index contributed by atoms with van der Waals surface area (Å²) in [6, 6.07) is 12.4. The van der Waals surface area contributed by atoms with Crippen LogP contribution in [-0.2, 0) is 10.4 Å². The van der Waals surface area contributed by atoms with Crippen molar-refractivity contribution in [3.05, 3.63) is 42.5 Å². The van der Waals surface area contributed by atoms with E-state index in [1.54, 1.807) is 26.2 Å². The molecule has 2 aromatic carbocycles. The zero-order chi connectivity index (χ0) is 17.0. The van der Waals surface area contributed by atoms with Gasteiger partial charge >= 0.3 is 153 Å². The second-order valence-electron chi connectivity index (χ2n) is 5.09. The van der Waals surface area contributed by atoms with E-state index in [4.69, 9.17) is 4.55 Å². The van der Waals surface area contributed by atoms with Gasteiger partial charge in [0.1, 0.15) is 0 Å². The molecule has 0 aromatic heterocycles. The van der Waals surface area contributed by atoms with Crippen LogP contribution in [0.25, 0.3) is 11.1 Å². The Kier molecular flexibility index (Phi) is 5.77. The predicted octanol–water partition coefficient (Wildman–Crippen LogP) is 1.89. The summed E-state index contributed by atoms with van der Waals surface area (Å²) in [4.78, 5) is 0. The SMILES string of the molecule is CN(C)N=Nc1ccc(-c2cc[c]([Na])cc2)c(OS(=O)(=O)O)c1. The molecule has 0 bridgehead atoms. The third-order valence-corrected chi connectivity index (χ3v) is 3.92. The second-order valence-corrected chi connectivity index (χ2v) is 7.27. The monoisotopic (exact) mass is 343 g/mol. The van der Waals surface area contributed by atoms with Crippen LogP contribution in [0, 0.1) is 0 Å². The first-order valence-corrected chi connectivity index (χ1v) is 9.08. The van der Waals surface area contributed by atoms with Crippen molar-refractivity contribution >= 4 is 46.8 Å². The molecule has 0 aliphatic rings. The number of hydrogen-bond donors (Lipinski definition) is 1. The van der Waals surface area contributed by atoms with Gasteiger partial charge in [0.15, 0.2) is 0 Å². The van der Waals surface area contributed by atoms with Gasteiger partial charge in [-0.15, -0.1) is 0 Å². The van der Waals surface area contributed by atoms with E-state index in [1.807, 2.05) is 24.3 Å². The van der Waals surface area contributed by atoms with Crippen LogP contribution in [0.2, 0.25) is 0 Å². The van der Waals surface area contributed by atoms with Crippen LogP contribution in [0.5, 0.6) is 5.75 Å². The van der Waals surface area contributed by atoms with E-state index in [0.29, 0.717) is 11.3 Å². The molecule has 0 saturated heterocycles. The Balaban J connectivity index is 2.50. The quantitative estimate of drug-likeness (QED) is 0.387. The van der Waals surface area contributed by atoms with Gasteiger partial charge in [-0.2, -0.15) is 0 Å². The topological polar surface area (TPSA) is 91.6 Å². The normalized spacial score (nSPS) is 11.7. The fraction of sp³-hybridized carbons (Fsp3) is 0.143. The fourth-order valence-electron chi connectivity index (χ4n) is 1.87. The Morgan fingerprint density at radius 3 is 2.35 bits per heavy atom. The van der Waals surface area contributed by atoms with E-state index < -0.39 is 10.4 Å². The molecule has 2 rings (SSSR count). The van der Waals surface area contributed by atoms with E-state index in [9.17, 15) is 8.42 Å². The number of hydrogen-bond acceptors (Lipinski definition) is 5. The Morgan fingerprint density at radius 1 is 1.13 bits per heavy atom. The summed E-state index contributed by atoms with van der Waals surface area (Å²) in [5, 5.41) is 9.29. The van der Waals surface area contributed by atoms with Crippen molar-refractivity contribution in [2.75, 3.05) is 14.1 Å². The molecule has 0 fully saturated rings. The Morgan fingerprint density at radius 2 is 1.78 bits per heavy atom. The summed E-state index contributed by atoms with van der Waals surface area (Å²) >= 11 is 0.924. The molecule has 9 heteroatoms. The van der Waals surface area contributed by atoms with Crippen molar-refractivity contribution < 1.29 is 17.2 Å². The van der Waals surface area contributed by atoms with Crippen molar-refractivity contribution in [2.45, 2.75) is 0 Å². The molecule has 0 aliphatic carbocycles. The van der Waals surface area contributed by atoms with Crippen LogP contribution in [0.15, 0.2) is 52.8 Å². The van der Waals surface area contributed by atoms with Gasteiger partial charge in [0.05, 0.1) is 0 Å². The minimum atomic E-state index is -4.64. The second kappa shape index (κ2) is 7.41. The van der Waals surface area contributed by atoms with Gasteiger partial charge in [-0.05, 0) is 0 Å². The number of rotatable bonds is 5. The third-order valence-electron chi connectivity index (χ3n) is 2.86. The van der Waals surface area contributed by atoms with Crippen molar-refractivity contribution in [3.63, 3.8) is 0 Å². The van der Waals surface area contributed by atoms with Gasteiger partial charge in [0.2, 0.25) is 0 Å². The van der Waals surface area contributed by atoms with Crippen LogP contribution in [0.3, 0.4) is 0 Å². The van der Waals surface area contributed by atoms with E-state index in [-0.39, 0.29) is 5.75 Å². The van der Waals surface area contributed by atoms with Gasteiger partial charge < -0.3 is 0 Å². The molecule has 0 aliphatic heterocycles. The summed E-state index contributed by atoms with van der Waals surface area (Å²) in [5.74, 6) is -0.0104. The van der Waals surface area contributed by atoms with Crippen LogP contribution in [0.4, 0.5) is 5.69 Å². The molecule has 0 unspecified atom stereocenters. The van der Waals surface area contributed by atoms with Crippen molar-refractivity contribution in [3.8, 4) is 16.9 Å². The Hall–Kier alpha value is -1.45. The van der Waals surface area contributed by atoms with Crippen molar-refractivity contribution in [1.82, 2.24) is 5.01 Å². The van der Waals surface area contributed by atoms with Crippen LogP contribution >= 0.6 is 0 Å². The van der Waals surface area contributed by atoms with Crippen LogP contribution < -0.4 is 7.00 Å². The molecule has 0 radical (unpaired) electrons. The standard InChI is InChI=1S/C14H14N3O4S.Na/c1-17(2)16-15-12-8-9-13(11-6-4-3-5-7-11)14(10-12)21-22(18,19)20;/h4-10H,1-2H3,(H,18,19,20);. The summed E-state index contributed by atoms with van der Waals surface area (Å²) in [5.41, 5.74) is 1.72. The van der Waals surface area contributed by atoms with Crippen LogP contribution in [-0.4, -0.2) is 60.0 Å². The molecule has 116 valence electrons. The zero-order valence-electron chi connectivity index (χ0n) is 13.0. The van der Waals surface area contributed by atoms with Gasteiger partial charge in [0.25, 0.3) is 0 Å². The molecule has 7 nitrogen and oxygen atoms in total. The first kappa shape index (κ1) is 17.9. The molecular formula is C14H14N3NaO4S. The molecule has 2 aromatic rings. The number of nitrogens with zero attached hydrogens (tertiary/aromatic N) is 3. The molecule has 0 saturated carbocycles. The fourth-order valence-corrected chi connectivity index (χ4v) is 2.57. The van der Waals surface area contributed by atoms with Gasteiger partial charge in [0, 0.05) is 0 Å². The minimum absolute atomic E-state index is 0.0104. The molecular weight excluding hydrogens is 329 g/mol. The summed E-state index contributed by atoms with van der Waals surface area (Å²) in [7, 11) is -1.22. The van der Waals surface area contributed by atoms with E-state index in [0.717, 1.165) is 33.5 Å². The zero-order valence-corrected chi connectivity index (χ0v) is 15.8. The van der Waals surface area contributed by atoms with Crippen molar-refractivity contribution in [1.29, 1.82) is 0 Å². The average Bonchev–Trinajstić information content (AvgIpc) is 2.45. The van der Waals surface area contributed by atoms with E-state index >= 15 is 0 Å². The molecule has 1 N–H and O–H groups in total. The first-order chi connectivity index (χ1) is 10.7. The molecule has 0 amide bonds. The summed E-state index contributed by atoms with van der Waals surface area (Å²) in [6.07, 6.45) is 0. The van der Waals surface area contributed by atoms with Crippen LogP contribution in [0.1, 0.15) is 0 Å².